The van der Waals surface area contributed by atoms with E-state index in [0.717, 1.165) is 26.3 Å². The molecule has 0 aromatic rings. The highest BCUT2D eigenvalue weighted by molar-refractivity contribution is 4.80. The zero-order valence-corrected chi connectivity index (χ0v) is 14.0. The fraction of sp³-hybridized carbons (Fsp3) is 1.00. The maximum Gasteiger partial charge on any atom is 0.0634 e. The van der Waals surface area contributed by atoms with Gasteiger partial charge in [0.2, 0.25) is 0 Å². The van der Waals surface area contributed by atoms with Crippen LogP contribution in [0.4, 0.5) is 0 Å². The van der Waals surface area contributed by atoms with E-state index in [4.69, 9.17) is 4.74 Å². The molecule has 2 saturated heterocycles. The van der Waals surface area contributed by atoms with Crippen LogP contribution in [0.15, 0.2) is 0 Å². The van der Waals surface area contributed by atoms with Crippen LogP contribution in [0.2, 0.25) is 0 Å². The second-order valence-corrected chi connectivity index (χ2v) is 6.47. The van der Waals surface area contributed by atoms with Gasteiger partial charge in [0.05, 0.1) is 12.8 Å². The summed E-state index contributed by atoms with van der Waals surface area (Å²) >= 11 is 0. The molecular weight excluding hydrogens is 262 g/mol. The molecule has 1 N–H and O–H groups in total. The fourth-order valence-electron chi connectivity index (χ4n) is 3.52. The molecule has 0 spiro atoms. The van der Waals surface area contributed by atoms with Gasteiger partial charge in [-0.25, -0.2) is 0 Å². The topological polar surface area (TPSA) is 27.7 Å². The summed E-state index contributed by atoms with van der Waals surface area (Å²) in [7, 11) is 0. The first kappa shape index (κ1) is 17.2. The van der Waals surface area contributed by atoms with Crippen molar-refractivity contribution in [1.82, 2.24) is 15.1 Å². The highest BCUT2D eigenvalue weighted by Crippen LogP contribution is 2.21. The van der Waals surface area contributed by atoms with Crippen LogP contribution in [0, 0.1) is 0 Å². The molecule has 124 valence electrons. The van der Waals surface area contributed by atoms with Gasteiger partial charge in [0.1, 0.15) is 0 Å². The second kappa shape index (κ2) is 10.5. The summed E-state index contributed by atoms with van der Waals surface area (Å²) in [6.07, 6.45) is 9.92. The van der Waals surface area contributed by atoms with Crippen molar-refractivity contribution < 1.29 is 4.74 Å². The highest BCUT2D eigenvalue weighted by Gasteiger charge is 2.28. The highest BCUT2D eigenvalue weighted by atomic mass is 16.5. The summed E-state index contributed by atoms with van der Waals surface area (Å²) in [5.41, 5.74) is 0. The minimum atomic E-state index is 0.684. The molecule has 0 radical (unpaired) electrons. The van der Waals surface area contributed by atoms with Crippen LogP contribution in [-0.2, 0) is 4.74 Å². The molecule has 2 aliphatic rings. The Kier molecular flexibility index (Phi) is 8.64. The first-order valence-corrected chi connectivity index (χ1v) is 9.18. The van der Waals surface area contributed by atoms with E-state index >= 15 is 0 Å². The van der Waals surface area contributed by atoms with Crippen molar-refractivity contribution in [3.05, 3.63) is 0 Å². The Bertz CT molecular complexity index is 234. The third kappa shape index (κ3) is 6.23. The van der Waals surface area contributed by atoms with Gasteiger partial charge in [0.15, 0.2) is 0 Å². The lowest BCUT2D eigenvalue weighted by Gasteiger charge is -2.35. The van der Waals surface area contributed by atoms with Gasteiger partial charge >= 0.3 is 0 Å². The number of unbranched alkanes of at least 4 members (excludes halogenated alkanes) is 1. The number of hydrogen-bond acceptors (Lipinski definition) is 4. The Hall–Kier alpha value is -0.160. The van der Waals surface area contributed by atoms with Crippen LogP contribution >= 0.6 is 0 Å². The fourth-order valence-corrected chi connectivity index (χ4v) is 3.52. The zero-order valence-electron chi connectivity index (χ0n) is 14.0. The molecule has 21 heavy (non-hydrogen) atoms. The zero-order chi connectivity index (χ0) is 14.8. The van der Waals surface area contributed by atoms with E-state index in [1.165, 1.54) is 71.1 Å². The van der Waals surface area contributed by atoms with Gasteiger partial charge in [0, 0.05) is 13.2 Å². The van der Waals surface area contributed by atoms with E-state index in [-0.39, 0.29) is 0 Å². The van der Waals surface area contributed by atoms with E-state index in [0.29, 0.717) is 6.17 Å². The standard InChI is InChI=1S/C17H35N3O/c1-2-3-15-21-16-10-18-9-8-17(19-11-4-5-12-19)20-13-6-7-14-20/h17-18H,2-16H2,1H3. The lowest BCUT2D eigenvalue weighted by atomic mass is 10.2. The van der Waals surface area contributed by atoms with Gasteiger partial charge < -0.3 is 10.1 Å². The maximum absolute atomic E-state index is 5.60. The lowest BCUT2D eigenvalue weighted by molar-refractivity contribution is 0.0710. The average molecular weight is 297 g/mol. The van der Waals surface area contributed by atoms with Crippen LogP contribution in [0.1, 0.15) is 51.9 Å². The van der Waals surface area contributed by atoms with Crippen LogP contribution in [0.5, 0.6) is 0 Å². The number of ether oxygens (including phenoxy) is 1. The molecular formula is C17H35N3O. The SMILES string of the molecule is CCCCOCCNCCC(N1CCCC1)N1CCCC1. The number of hydrogen-bond donors (Lipinski definition) is 1. The van der Waals surface area contributed by atoms with E-state index < -0.39 is 0 Å². The molecule has 0 amide bonds. The summed E-state index contributed by atoms with van der Waals surface area (Å²) in [4.78, 5) is 5.43. The van der Waals surface area contributed by atoms with E-state index in [9.17, 15) is 0 Å². The summed E-state index contributed by atoms with van der Waals surface area (Å²) in [6.45, 7) is 11.3. The summed E-state index contributed by atoms with van der Waals surface area (Å²) in [5, 5.41) is 3.56. The number of likely N-dealkylation sites (tertiary alicyclic amines) is 2. The minimum Gasteiger partial charge on any atom is -0.380 e. The molecule has 0 atom stereocenters. The molecule has 0 unspecified atom stereocenters. The summed E-state index contributed by atoms with van der Waals surface area (Å²) in [6, 6.07) is 0. The molecule has 2 aliphatic heterocycles. The molecule has 0 saturated carbocycles. The molecule has 2 fully saturated rings. The maximum atomic E-state index is 5.60. The number of nitrogens with zero attached hydrogens (tertiary/aromatic N) is 2. The summed E-state index contributed by atoms with van der Waals surface area (Å²) in [5.74, 6) is 0. The molecule has 4 heteroatoms. The molecule has 0 aliphatic carbocycles. The number of rotatable bonds is 11. The largest absolute Gasteiger partial charge is 0.380 e. The normalized spacial score (nSPS) is 20.9. The Balaban J connectivity index is 1.58. The van der Waals surface area contributed by atoms with Crippen molar-refractivity contribution in [3.63, 3.8) is 0 Å². The Morgan fingerprint density at radius 1 is 0.905 bits per heavy atom. The van der Waals surface area contributed by atoms with E-state index in [2.05, 4.69) is 22.0 Å². The van der Waals surface area contributed by atoms with Crippen LogP contribution in [0.25, 0.3) is 0 Å². The van der Waals surface area contributed by atoms with Crippen LogP contribution in [-0.4, -0.2) is 68.4 Å². The van der Waals surface area contributed by atoms with Crippen LogP contribution in [0.3, 0.4) is 0 Å². The second-order valence-electron chi connectivity index (χ2n) is 6.47. The van der Waals surface area contributed by atoms with Crippen LogP contribution < -0.4 is 5.32 Å². The van der Waals surface area contributed by atoms with Gasteiger partial charge in [-0.1, -0.05) is 13.3 Å². The molecule has 2 rings (SSSR count). The predicted molar refractivity (Wildman–Crippen MR) is 88.6 cm³/mol. The van der Waals surface area contributed by atoms with Gasteiger partial charge in [-0.05, 0) is 71.2 Å². The smallest absolute Gasteiger partial charge is 0.0634 e. The Labute approximate surface area is 131 Å². The lowest BCUT2D eigenvalue weighted by Crippen LogP contribution is -2.47. The third-order valence-corrected chi connectivity index (χ3v) is 4.77. The van der Waals surface area contributed by atoms with Gasteiger partial charge in [-0.3, -0.25) is 9.80 Å². The van der Waals surface area contributed by atoms with E-state index in [1.54, 1.807) is 0 Å². The van der Waals surface area contributed by atoms with Crippen molar-refractivity contribution in [2.24, 2.45) is 0 Å². The van der Waals surface area contributed by atoms with Gasteiger partial charge in [-0.2, -0.15) is 0 Å². The third-order valence-electron chi connectivity index (χ3n) is 4.77. The predicted octanol–water partition coefficient (Wildman–Crippen LogP) is 2.30. The Morgan fingerprint density at radius 3 is 2.10 bits per heavy atom. The minimum absolute atomic E-state index is 0.684. The van der Waals surface area contributed by atoms with Gasteiger partial charge in [-0.15, -0.1) is 0 Å². The first-order chi connectivity index (χ1) is 10.4. The van der Waals surface area contributed by atoms with Crippen molar-refractivity contribution >= 4 is 0 Å². The number of nitrogens with one attached hydrogen (secondary N) is 1. The molecule has 4 nitrogen and oxygen atoms in total. The van der Waals surface area contributed by atoms with E-state index in [1.807, 2.05) is 0 Å². The van der Waals surface area contributed by atoms with Gasteiger partial charge in [0.25, 0.3) is 0 Å². The van der Waals surface area contributed by atoms with Crippen molar-refractivity contribution in [3.8, 4) is 0 Å². The van der Waals surface area contributed by atoms with Crippen molar-refractivity contribution in [2.75, 3.05) is 52.5 Å². The average Bonchev–Trinajstić information content (AvgIpc) is 3.19. The molecule has 2 heterocycles. The van der Waals surface area contributed by atoms with Crippen molar-refractivity contribution in [2.45, 2.75) is 58.0 Å². The molecule has 0 bridgehead atoms. The first-order valence-electron chi connectivity index (χ1n) is 9.18. The monoisotopic (exact) mass is 297 g/mol. The van der Waals surface area contributed by atoms with Crippen molar-refractivity contribution in [1.29, 1.82) is 0 Å². The Morgan fingerprint density at radius 2 is 1.52 bits per heavy atom. The molecule has 0 aromatic heterocycles. The summed E-state index contributed by atoms with van der Waals surface area (Å²) < 4.78 is 5.60. The quantitative estimate of drug-likeness (QED) is 0.592. The molecule has 0 aromatic carbocycles.